The second-order valence-corrected chi connectivity index (χ2v) is 10.6. The molecule has 1 fully saturated rings. The molecule has 1 N–H and O–H groups in total. The number of amides is 2. The molecule has 0 bridgehead atoms. The Hall–Kier alpha value is -3.25. The van der Waals surface area contributed by atoms with E-state index in [0.29, 0.717) is 23.8 Å². The lowest BCUT2D eigenvalue weighted by atomic mass is 9.96. The van der Waals surface area contributed by atoms with Crippen LogP contribution >= 0.6 is 11.8 Å². The lowest BCUT2D eigenvalue weighted by molar-refractivity contribution is -0.128. The summed E-state index contributed by atoms with van der Waals surface area (Å²) in [6.07, 6.45) is 1.67. The van der Waals surface area contributed by atoms with Gasteiger partial charge in [0, 0.05) is 12.1 Å². The number of nitrogens with zero attached hydrogens (tertiary/aromatic N) is 1. The first-order valence-corrected chi connectivity index (χ1v) is 13.5. The Labute approximate surface area is 218 Å². The average molecular weight is 503 g/mol. The molecular weight excluding hydrogens is 468 g/mol. The van der Waals surface area contributed by atoms with Crippen molar-refractivity contribution in [1.82, 2.24) is 10.2 Å². The van der Waals surface area contributed by atoms with Gasteiger partial charge < -0.3 is 15.0 Å². The SMILES string of the molecule is COc1ccc([C@H](CC(C)C)NC(=O)c2ccc([C@@H]3SCC(=O)N3CCc3ccccc3)cc2)cc1. The predicted octanol–water partition coefficient (Wildman–Crippen LogP) is 6.03. The van der Waals surface area contributed by atoms with Crippen LogP contribution in [0.4, 0.5) is 0 Å². The zero-order chi connectivity index (χ0) is 25.5. The van der Waals surface area contributed by atoms with Crippen LogP contribution in [0.15, 0.2) is 78.9 Å². The van der Waals surface area contributed by atoms with Crippen molar-refractivity contribution in [2.45, 2.75) is 38.1 Å². The first-order valence-electron chi connectivity index (χ1n) is 12.4. The summed E-state index contributed by atoms with van der Waals surface area (Å²) in [6.45, 7) is 4.99. The topological polar surface area (TPSA) is 58.6 Å². The van der Waals surface area contributed by atoms with Gasteiger partial charge in [0.05, 0.1) is 18.9 Å². The molecule has 0 aromatic heterocycles. The molecule has 0 unspecified atom stereocenters. The third kappa shape index (κ3) is 6.49. The Bertz CT molecular complexity index is 1150. The number of hydrogen-bond donors (Lipinski definition) is 1. The van der Waals surface area contributed by atoms with Gasteiger partial charge in [-0.15, -0.1) is 11.8 Å². The van der Waals surface area contributed by atoms with Gasteiger partial charge in [-0.25, -0.2) is 0 Å². The lowest BCUT2D eigenvalue weighted by Gasteiger charge is -2.25. The fourth-order valence-electron chi connectivity index (χ4n) is 4.49. The summed E-state index contributed by atoms with van der Waals surface area (Å²) in [5, 5.41) is 3.19. The van der Waals surface area contributed by atoms with Crippen molar-refractivity contribution in [2.75, 3.05) is 19.4 Å². The molecule has 1 aliphatic rings. The van der Waals surface area contributed by atoms with E-state index in [1.54, 1.807) is 18.9 Å². The minimum atomic E-state index is -0.0981. The first-order chi connectivity index (χ1) is 17.4. The zero-order valence-electron chi connectivity index (χ0n) is 21.1. The van der Waals surface area contributed by atoms with Gasteiger partial charge in [-0.3, -0.25) is 9.59 Å². The summed E-state index contributed by atoms with van der Waals surface area (Å²) < 4.78 is 5.27. The molecule has 1 heterocycles. The maximum atomic E-state index is 13.1. The number of rotatable bonds is 10. The van der Waals surface area contributed by atoms with Crippen LogP contribution in [0.2, 0.25) is 0 Å². The third-order valence-electron chi connectivity index (χ3n) is 6.44. The second kappa shape index (κ2) is 12.1. The average Bonchev–Trinajstić information content (AvgIpc) is 3.27. The smallest absolute Gasteiger partial charge is 0.251 e. The van der Waals surface area contributed by atoms with Crippen molar-refractivity contribution in [2.24, 2.45) is 5.92 Å². The molecule has 0 aliphatic carbocycles. The Morgan fingerprint density at radius 2 is 1.72 bits per heavy atom. The van der Waals surface area contributed by atoms with Crippen LogP contribution in [-0.4, -0.2) is 36.1 Å². The predicted molar refractivity (Wildman–Crippen MR) is 146 cm³/mol. The summed E-state index contributed by atoms with van der Waals surface area (Å²) in [5.41, 5.74) is 3.95. The molecule has 6 heteroatoms. The second-order valence-electron chi connectivity index (χ2n) is 9.54. The van der Waals surface area contributed by atoms with E-state index in [1.165, 1.54) is 5.56 Å². The Morgan fingerprint density at radius 1 is 1.03 bits per heavy atom. The molecule has 188 valence electrons. The number of carbonyl (C=O) groups excluding carboxylic acids is 2. The van der Waals surface area contributed by atoms with E-state index in [1.807, 2.05) is 71.6 Å². The van der Waals surface area contributed by atoms with E-state index in [4.69, 9.17) is 4.74 Å². The van der Waals surface area contributed by atoms with E-state index in [-0.39, 0.29) is 23.2 Å². The summed E-state index contributed by atoms with van der Waals surface area (Å²) in [5.74, 6) is 1.78. The molecule has 1 aliphatic heterocycles. The Balaban J connectivity index is 1.43. The molecule has 0 spiro atoms. The highest BCUT2D eigenvalue weighted by Gasteiger charge is 2.32. The van der Waals surface area contributed by atoms with Crippen LogP contribution in [0, 0.1) is 5.92 Å². The number of thioether (sulfide) groups is 1. The zero-order valence-corrected chi connectivity index (χ0v) is 22.0. The largest absolute Gasteiger partial charge is 0.497 e. The Morgan fingerprint density at radius 3 is 2.36 bits per heavy atom. The number of carbonyl (C=O) groups is 2. The fraction of sp³-hybridized carbons (Fsp3) is 0.333. The molecule has 3 aromatic carbocycles. The van der Waals surface area contributed by atoms with Crippen molar-refractivity contribution in [3.8, 4) is 5.75 Å². The maximum absolute atomic E-state index is 13.1. The molecule has 3 aromatic rings. The van der Waals surface area contributed by atoms with E-state index in [0.717, 1.165) is 29.7 Å². The monoisotopic (exact) mass is 502 g/mol. The van der Waals surface area contributed by atoms with Crippen molar-refractivity contribution in [3.63, 3.8) is 0 Å². The standard InChI is InChI=1S/C30H34N2O3S/c1-21(2)19-27(23-13-15-26(35-3)16-14-23)31-29(34)24-9-11-25(12-10-24)30-32(28(33)20-36-30)18-17-22-7-5-4-6-8-22/h4-16,21,27,30H,17-20H2,1-3H3,(H,31,34)/t27-,30-/m0/s1. The normalized spacial score (nSPS) is 16.3. The van der Waals surface area contributed by atoms with E-state index in [2.05, 4.69) is 31.3 Å². The third-order valence-corrected chi connectivity index (χ3v) is 7.70. The molecule has 1 saturated heterocycles. The highest BCUT2D eigenvalue weighted by Crippen LogP contribution is 2.38. The minimum absolute atomic E-state index is 0.0219. The number of nitrogens with one attached hydrogen (secondary N) is 1. The lowest BCUT2D eigenvalue weighted by Crippen LogP contribution is -2.30. The molecule has 2 amide bonds. The number of benzene rings is 3. The molecule has 0 radical (unpaired) electrons. The molecule has 0 saturated carbocycles. The minimum Gasteiger partial charge on any atom is -0.497 e. The first kappa shape index (κ1) is 25.8. The highest BCUT2D eigenvalue weighted by atomic mass is 32.2. The van der Waals surface area contributed by atoms with Crippen LogP contribution in [0.3, 0.4) is 0 Å². The quantitative estimate of drug-likeness (QED) is 0.368. The van der Waals surface area contributed by atoms with Gasteiger partial charge in [0.2, 0.25) is 5.91 Å². The fourth-order valence-corrected chi connectivity index (χ4v) is 5.71. The van der Waals surface area contributed by atoms with Gasteiger partial charge in [0.1, 0.15) is 11.1 Å². The molecular formula is C30H34N2O3S. The molecule has 2 atom stereocenters. The van der Waals surface area contributed by atoms with Crippen molar-refractivity contribution < 1.29 is 14.3 Å². The molecule has 5 nitrogen and oxygen atoms in total. The van der Waals surface area contributed by atoms with Crippen molar-refractivity contribution >= 4 is 23.6 Å². The van der Waals surface area contributed by atoms with Crippen LogP contribution in [0.25, 0.3) is 0 Å². The molecule has 36 heavy (non-hydrogen) atoms. The molecule has 4 rings (SSSR count). The van der Waals surface area contributed by atoms with Gasteiger partial charge in [0.25, 0.3) is 5.91 Å². The number of hydrogen-bond acceptors (Lipinski definition) is 4. The summed E-state index contributed by atoms with van der Waals surface area (Å²) in [4.78, 5) is 27.7. The van der Waals surface area contributed by atoms with Crippen LogP contribution in [-0.2, 0) is 11.2 Å². The van der Waals surface area contributed by atoms with Crippen LogP contribution < -0.4 is 10.1 Å². The van der Waals surface area contributed by atoms with Gasteiger partial charge >= 0.3 is 0 Å². The van der Waals surface area contributed by atoms with Gasteiger partial charge in [-0.2, -0.15) is 0 Å². The van der Waals surface area contributed by atoms with Crippen LogP contribution in [0.1, 0.15) is 58.7 Å². The van der Waals surface area contributed by atoms with Crippen molar-refractivity contribution in [3.05, 3.63) is 101 Å². The summed E-state index contributed by atoms with van der Waals surface area (Å²) in [7, 11) is 1.65. The van der Waals surface area contributed by atoms with E-state index < -0.39 is 0 Å². The summed E-state index contributed by atoms with van der Waals surface area (Å²) in [6, 6.07) is 25.7. The van der Waals surface area contributed by atoms with Gasteiger partial charge in [-0.05, 0) is 59.7 Å². The Kier molecular flexibility index (Phi) is 8.70. The van der Waals surface area contributed by atoms with Crippen LogP contribution in [0.5, 0.6) is 5.75 Å². The van der Waals surface area contributed by atoms with Gasteiger partial charge in [-0.1, -0.05) is 68.4 Å². The maximum Gasteiger partial charge on any atom is 0.251 e. The van der Waals surface area contributed by atoms with Crippen molar-refractivity contribution in [1.29, 1.82) is 0 Å². The number of ether oxygens (including phenoxy) is 1. The van der Waals surface area contributed by atoms with E-state index >= 15 is 0 Å². The summed E-state index contributed by atoms with van der Waals surface area (Å²) >= 11 is 1.64. The highest BCUT2D eigenvalue weighted by molar-refractivity contribution is 8.00. The number of methoxy groups -OCH3 is 1. The van der Waals surface area contributed by atoms with Gasteiger partial charge in [0.15, 0.2) is 0 Å². The van der Waals surface area contributed by atoms with E-state index in [9.17, 15) is 9.59 Å².